The molecule has 1 aromatic carbocycles. The van der Waals surface area contributed by atoms with Crippen molar-refractivity contribution >= 4 is 5.69 Å². The maximum Gasteiger partial charge on any atom is 0.305 e. The third-order valence-corrected chi connectivity index (χ3v) is 1.79. The van der Waals surface area contributed by atoms with Crippen molar-refractivity contribution in [3.8, 4) is 0 Å². The van der Waals surface area contributed by atoms with E-state index in [0.29, 0.717) is 0 Å². The van der Waals surface area contributed by atoms with E-state index in [1.54, 1.807) is 0 Å². The molecule has 0 unspecified atom stereocenters. The van der Waals surface area contributed by atoms with Crippen LogP contribution in [-0.4, -0.2) is 4.92 Å². The summed E-state index contributed by atoms with van der Waals surface area (Å²) in [6.45, 7) is 1.27. The van der Waals surface area contributed by atoms with Gasteiger partial charge in [0, 0.05) is 6.07 Å². The number of hydrogen-bond donors (Lipinski definition) is 0. The van der Waals surface area contributed by atoms with Gasteiger partial charge in [-0.1, -0.05) is 6.07 Å². The average Bonchev–Trinajstić information content (AvgIpc) is 2.02. The highest BCUT2D eigenvalue weighted by atomic mass is 19.3. The number of benzene rings is 1. The lowest BCUT2D eigenvalue weighted by molar-refractivity contribution is -0.387. The second-order valence-electron chi connectivity index (χ2n) is 2.69. The smallest absolute Gasteiger partial charge is 0.258 e. The van der Waals surface area contributed by atoms with E-state index in [-0.39, 0.29) is 5.56 Å². The fourth-order valence-corrected chi connectivity index (χ4v) is 1.09. The Labute approximate surface area is 77.3 Å². The van der Waals surface area contributed by atoms with E-state index in [1.807, 2.05) is 0 Å². The van der Waals surface area contributed by atoms with Gasteiger partial charge in [-0.05, 0) is 12.5 Å². The summed E-state index contributed by atoms with van der Waals surface area (Å²) in [6.07, 6.45) is -3.05. The van der Waals surface area contributed by atoms with Crippen molar-refractivity contribution in [2.75, 3.05) is 0 Å². The molecule has 0 saturated heterocycles. The van der Waals surface area contributed by atoms with E-state index in [4.69, 9.17) is 0 Å². The molecule has 0 atom stereocenters. The topological polar surface area (TPSA) is 43.1 Å². The van der Waals surface area contributed by atoms with Crippen molar-refractivity contribution < 1.29 is 18.1 Å². The van der Waals surface area contributed by atoms with Crippen LogP contribution in [0.3, 0.4) is 0 Å². The summed E-state index contributed by atoms with van der Waals surface area (Å²) in [5, 5.41) is 10.2. The van der Waals surface area contributed by atoms with Crippen LogP contribution in [-0.2, 0) is 0 Å². The van der Waals surface area contributed by atoms with E-state index in [0.717, 1.165) is 12.1 Å². The van der Waals surface area contributed by atoms with E-state index >= 15 is 0 Å². The van der Waals surface area contributed by atoms with Gasteiger partial charge in [-0.3, -0.25) is 10.1 Å². The molecule has 0 aromatic heterocycles. The molecule has 0 aliphatic rings. The Kier molecular flexibility index (Phi) is 2.73. The first-order valence-corrected chi connectivity index (χ1v) is 3.66. The van der Waals surface area contributed by atoms with Gasteiger partial charge in [0.15, 0.2) is 0 Å². The van der Waals surface area contributed by atoms with Crippen molar-refractivity contribution in [2.45, 2.75) is 13.3 Å². The molecule has 3 nitrogen and oxygen atoms in total. The molecular weight excluding hydrogens is 199 g/mol. The zero-order valence-electron chi connectivity index (χ0n) is 7.13. The van der Waals surface area contributed by atoms with Crippen molar-refractivity contribution in [1.82, 2.24) is 0 Å². The normalized spacial score (nSPS) is 10.6. The van der Waals surface area contributed by atoms with Crippen molar-refractivity contribution in [2.24, 2.45) is 0 Å². The van der Waals surface area contributed by atoms with Crippen LogP contribution in [0.2, 0.25) is 0 Å². The van der Waals surface area contributed by atoms with Crippen LogP contribution in [0.25, 0.3) is 0 Å². The summed E-state index contributed by atoms with van der Waals surface area (Å²) in [5.74, 6) is -1.45. The first-order valence-electron chi connectivity index (χ1n) is 3.66. The van der Waals surface area contributed by atoms with Gasteiger partial charge in [0.1, 0.15) is 0 Å². The number of hydrogen-bond acceptors (Lipinski definition) is 2. The Bertz CT molecular complexity index is 379. The van der Waals surface area contributed by atoms with Crippen LogP contribution < -0.4 is 0 Å². The average molecular weight is 205 g/mol. The Morgan fingerprint density at radius 1 is 1.43 bits per heavy atom. The Morgan fingerprint density at radius 3 is 2.43 bits per heavy atom. The molecular formula is C8H6F3NO2. The highest BCUT2D eigenvalue weighted by Crippen LogP contribution is 2.30. The Hall–Kier alpha value is -1.59. The van der Waals surface area contributed by atoms with Gasteiger partial charge in [0.05, 0.1) is 10.5 Å². The van der Waals surface area contributed by atoms with Crippen molar-refractivity contribution in [3.05, 3.63) is 39.2 Å². The highest BCUT2D eigenvalue weighted by molar-refractivity contribution is 5.41. The van der Waals surface area contributed by atoms with Gasteiger partial charge in [-0.2, -0.15) is 4.39 Å². The largest absolute Gasteiger partial charge is 0.305 e. The van der Waals surface area contributed by atoms with Crippen LogP contribution in [0.4, 0.5) is 18.9 Å². The third-order valence-electron chi connectivity index (χ3n) is 1.79. The second-order valence-corrected chi connectivity index (χ2v) is 2.69. The summed E-state index contributed by atoms with van der Waals surface area (Å²) < 4.78 is 37.7. The molecule has 0 N–H and O–H groups in total. The number of aryl methyl sites for hydroxylation is 1. The van der Waals surface area contributed by atoms with Gasteiger partial charge < -0.3 is 0 Å². The fraction of sp³-hybridized carbons (Fsp3) is 0.250. The lowest BCUT2D eigenvalue weighted by Crippen LogP contribution is -2.00. The Morgan fingerprint density at radius 2 is 2.00 bits per heavy atom. The van der Waals surface area contributed by atoms with Gasteiger partial charge in [0.2, 0.25) is 5.82 Å². The minimum Gasteiger partial charge on any atom is -0.258 e. The van der Waals surface area contributed by atoms with Crippen molar-refractivity contribution in [1.29, 1.82) is 0 Å². The monoisotopic (exact) mass is 205 g/mol. The van der Waals surface area contributed by atoms with Gasteiger partial charge in [-0.25, -0.2) is 8.78 Å². The number of nitro benzene ring substituents is 1. The minimum atomic E-state index is -3.05. The predicted molar refractivity (Wildman–Crippen MR) is 42.7 cm³/mol. The number of nitro groups is 1. The number of halogens is 3. The second kappa shape index (κ2) is 3.65. The van der Waals surface area contributed by atoms with E-state index < -0.39 is 28.4 Å². The summed E-state index contributed by atoms with van der Waals surface area (Å²) in [4.78, 5) is 9.20. The highest BCUT2D eigenvalue weighted by Gasteiger charge is 2.24. The molecule has 0 heterocycles. The number of alkyl halides is 2. The first kappa shape index (κ1) is 10.5. The number of rotatable bonds is 2. The maximum atomic E-state index is 13.1. The molecule has 0 fully saturated rings. The summed E-state index contributed by atoms with van der Waals surface area (Å²) in [6, 6.07) is 1.97. The summed E-state index contributed by atoms with van der Waals surface area (Å²) in [5.41, 5.74) is -1.83. The molecule has 76 valence electrons. The fourth-order valence-electron chi connectivity index (χ4n) is 1.09. The minimum absolute atomic E-state index is 0.00287. The van der Waals surface area contributed by atoms with Gasteiger partial charge >= 0.3 is 5.69 Å². The molecule has 1 aromatic rings. The van der Waals surface area contributed by atoms with Crippen LogP contribution in [0.15, 0.2) is 12.1 Å². The molecule has 1 rings (SSSR count). The standard InChI is InChI=1S/C8H6F3NO2/c1-4-2-3-5(12(13)14)7(9)6(4)8(10)11/h2-3,8H,1H3. The molecule has 0 aliphatic carbocycles. The number of nitrogens with zero attached hydrogens (tertiary/aromatic N) is 1. The SMILES string of the molecule is Cc1ccc([N+](=O)[O-])c(F)c1C(F)F. The molecule has 0 aliphatic heterocycles. The zero-order chi connectivity index (χ0) is 10.9. The molecule has 6 heteroatoms. The van der Waals surface area contributed by atoms with Crippen LogP contribution in [0.1, 0.15) is 17.6 Å². The third kappa shape index (κ3) is 1.68. The van der Waals surface area contributed by atoms with E-state index in [1.165, 1.54) is 6.92 Å². The van der Waals surface area contributed by atoms with E-state index in [2.05, 4.69) is 0 Å². The van der Waals surface area contributed by atoms with Crippen LogP contribution in [0.5, 0.6) is 0 Å². The molecule has 0 radical (unpaired) electrons. The first-order chi connectivity index (χ1) is 6.45. The lowest BCUT2D eigenvalue weighted by Gasteiger charge is -2.05. The summed E-state index contributed by atoms with van der Waals surface area (Å²) in [7, 11) is 0. The van der Waals surface area contributed by atoms with E-state index in [9.17, 15) is 23.3 Å². The van der Waals surface area contributed by atoms with Gasteiger partial charge in [-0.15, -0.1) is 0 Å². The van der Waals surface area contributed by atoms with Crippen molar-refractivity contribution in [3.63, 3.8) is 0 Å². The molecule has 0 saturated carbocycles. The Balaban J connectivity index is 3.41. The van der Waals surface area contributed by atoms with Crippen LogP contribution >= 0.6 is 0 Å². The molecule has 14 heavy (non-hydrogen) atoms. The molecule has 0 amide bonds. The zero-order valence-corrected chi connectivity index (χ0v) is 7.13. The maximum absolute atomic E-state index is 13.1. The van der Waals surface area contributed by atoms with Crippen LogP contribution in [0, 0.1) is 22.9 Å². The lowest BCUT2D eigenvalue weighted by atomic mass is 10.1. The predicted octanol–water partition coefficient (Wildman–Crippen LogP) is 2.98. The van der Waals surface area contributed by atoms with Gasteiger partial charge in [0.25, 0.3) is 6.43 Å². The summed E-state index contributed by atoms with van der Waals surface area (Å²) >= 11 is 0. The molecule has 0 spiro atoms. The molecule has 0 bridgehead atoms. The quantitative estimate of drug-likeness (QED) is 0.550.